The van der Waals surface area contributed by atoms with Crippen molar-refractivity contribution in [3.05, 3.63) is 59.7 Å². The second kappa shape index (κ2) is 7.85. The molecule has 1 fully saturated rings. The predicted octanol–water partition coefficient (Wildman–Crippen LogP) is 4.43. The summed E-state index contributed by atoms with van der Waals surface area (Å²) in [5.41, 5.74) is 0.660. The molecule has 152 valence electrons. The van der Waals surface area contributed by atoms with E-state index in [1.165, 1.54) is 12.1 Å². The zero-order chi connectivity index (χ0) is 20.5. The van der Waals surface area contributed by atoms with Crippen molar-refractivity contribution < 1.29 is 23.4 Å². The van der Waals surface area contributed by atoms with E-state index >= 15 is 0 Å². The molecule has 1 saturated heterocycles. The Morgan fingerprint density at radius 3 is 2.04 bits per heavy atom. The second-order valence-electron chi connectivity index (χ2n) is 7.94. The van der Waals surface area contributed by atoms with E-state index in [1.807, 2.05) is 43.0 Å². The number of aliphatic hydroxyl groups is 2. The Labute approximate surface area is 163 Å². The van der Waals surface area contributed by atoms with Gasteiger partial charge < -0.3 is 10.2 Å². The zero-order valence-corrected chi connectivity index (χ0v) is 16.1. The van der Waals surface area contributed by atoms with E-state index in [0.29, 0.717) is 5.56 Å². The quantitative estimate of drug-likeness (QED) is 0.790. The topological polar surface area (TPSA) is 43.7 Å². The van der Waals surface area contributed by atoms with Gasteiger partial charge >= 0.3 is 6.18 Å². The molecule has 28 heavy (non-hydrogen) atoms. The van der Waals surface area contributed by atoms with Gasteiger partial charge in [0.15, 0.2) is 0 Å². The number of likely N-dealkylation sites (tertiary alicyclic amines) is 1. The van der Waals surface area contributed by atoms with Crippen LogP contribution >= 0.6 is 0 Å². The lowest BCUT2D eigenvalue weighted by molar-refractivity contribution is -0.137. The van der Waals surface area contributed by atoms with Crippen molar-refractivity contribution in [2.75, 3.05) is 13.1 Å². The number of halogens is 3. The molecule has 2 unspecified atom stereocenters. The van der Waals surface area contributed by atoms with Gasteiger partial charge in [-0.3, -0.25) is 4.90 Å². The third-order valence-corrected chi connectivity index (χ3v) is 5.68. The molecule has 0 aromatic heterocycles. The van der Waals surface area contributed by atoms with Gasteiger partial charge in [0.1, 0.15) is 12.3 Å². The van der Waals surface area contributed by atoms with Crippen LogP contribution in [0.1, 0.15) is 37.8 Å². The molecule has 6 heteroatoms. The number of rotatable bonds is 5. The van der Waals surface area contributed by atoms with Crippen molar-refractivity contribution >= 4 is 0 Å². The highest BCUT2D eigenvalue weighted by molar-refractivity contribution is 5.69. The van der Waals surface area contributed by atoms with Gasteiger partial charge in [0.2, 0.25) is 0 Å². The molecular weight excluding hydrogens is 367 g/mol. The van der Waals surface area contributed by atoms with E-state index in [2.05, 4.69) is 0 Å². The van der Waals surface area contributed by atoms with Crippen LogP contribution in [0.2, 0.25) is 0 Å². The Bertz CT molecular complexity index is 796. The average molecular weight is 393 g/mol. The number of nitrogens with zero attached hydrogens (tertiary/aromatic N) is 1. The summed E-state index contributed by atoms with van der Waals surface area (Å²) in [5, 5.41) is 21.6. The zero-order valence-electron chi connectivity index (χ0n) is 16.1. The van der Waals surface area contributed by atoms with Crippen molar-refractivity contribution in [1.29, 1.82) is 0 Å². The van der Waals surface area contributed by atoms with Gasteiger partial charge in [-0.1, -0.05) is 50.2 Å². The molecule has 3 rings (SSSR count). The van der Waals surface area contributed by atoms with Crippen LogP contribution in [-0.2, 0) is 11.6 Å². The Hall–Kier alpha value is -1.89. The van der Waals surface area contributed by atoms with Crippen LogP contribution in [-0.4, -0.2) is 40.5 Å². The summed E-state index contributed by atoms with van der Waals surface area (Å²) in [4.78, 5) is 1.87. The smallest absolute Gasteiger partial charge is 0.388 e. The SMILES string of the molecule is CC(C)(c1ccccc1-c1ccc(C(F)(F)F)cc1)C(O)C(O)N1CCCC1. The maximum Gasteiger partial charge on any atom is 0.416 e. The molecule has 2 aromatic carbocycles. The van der Waals surface area contributed by atoms with Crippen LogP contribution in [0.25, 0.3) is 11.1 Å². The first-order valence-corrected chi connectivity index (χ1v) is 9.49. The summed E-state index contributed by atoms with van der Waals surface area (Å²) < 4.78 is 38.6. The highest BCUT2D eigenvalue weighted by atomic mass is 19.4. The van der Waals surface area contributed by atoms with Gasteiger partial charge in [-0.05, 0) is 41.7 Å². The van der Waals surface area contributed by atoms with Gasteiger partial charge in [0.05, 0.1) is 5.56 Å². The lowest BCUT2D eigenvalue weighted by Gasteiger charge is -2.38. The van der Waals surface area contributed by atoms with Crippen LogP contribution in [0.15, 0.2) is 48.5 Å². The van der Waals surface area contributed by atoms with E-state index in [-0.39, 0.29) is 0 Å². The van der Waals surface area contributed by atoms with Gasteiger partial charge in [0, 0.05) is 18.5 Å². The van der Waals surface area contributed by atoms with Crippen LogP contribution in [0.4, 0.5) is 13.2 Å². The Balaban J connectivity index is 1.94. The number of hydrogen-bond donors (Lipinski definition) is 2. The van der Waals surface area contributed by atoms with Gasteiger partial charge in [0.25, 0.3) is 0 Å². The number of benzene rings is 2. The molecule has 0 spiro atoms. The molecule has 1 aliphatic rings. The molecule has 0 amide bonds. The third kappa shape index (κ3) is 4.09. The van der Waals surface area contributed by atoms with E-state index < -0.39 is 29.5 Å². The molecule has 0 aliphatic carbocycles. The van der Waals surface area contributed by atoms with E-state index in [0.717, 1.165) is 49.2 Å². The maximum atomic E-state index is 12.9. The van der Waals surface area contributed by atoms with Gasteiger partial charge in [-0.15, -0.1) is 0 Å². The minimum atomic E-state index is -4.38. The average Bonchev–Trinajstić information content (AvgIpc) is 3.21. The molecule has 2 N–H and O–H groups in total. The first-order valence-electron chi connectivity index (χ1n) is 9.49. The van der Waals surface area contributed by atoms with Crippen molar-refractivity contribution in [2.45, 2.75) is 50.6 Å². The summed E-state index contributed by atoms with van der Waals surface area (Å²) in [6, 6.07) is 12.3. The molecule has 2 atom stereocenters. The second-order valence-corrected chi connectivity index (χ2v) is 7.94. The molecule has 1 heterocycles. The van der Waals surface area contributed by atoms with Crippen LogP contribution < -0.4 is 0 Å². The fourth-order valence-electron chi connectivity index (χ4n) is 3.87. The third-order valence-electron chi connectivity index (χ3n) is 5.68. The fourth-order valence-corrected chi connectivity index (χ4v) is 3.87. The Morgan fingerprint density at radius 1 is 0.893 bits per heavy atom. The van der Waals surface area contributed by atoms with Crippen LogP contribution in [0, 0.1) is 0 Å². The molecule has 0 bridgehead atoms. The van der Waals surface area contributed by atoms with Gasteiger partial charge in [-0.2, -0.15) is 13.2 Å². The van der Waals surface area contributed by atoms with Crippen molar-refractivity contribution in [3.8, 4) is 11.1 Å². The molecule has 0 radical (unpaired) electrons. The maximum absolute atomic E-state index is 12.9. The highest BCUT2D eigenvalue weighted by Crippen LogP contribution is 2.38. The molecular formula is C22H26F3NO2. The van der Waals surface area contributed by atoms with E-state index in [9.17, 15) is 23.4 Å². The standard InChI is InChI=1S/C22H26F3NO2/c1-21(2,19(27)20(28)26-13-5-6-14-26)18-8-4-3-7-17(18)15-9-11-16(12-10-15)22(23,24)25/h3-4,7-12,19-20,27-28H,5-6,13-14H2,1-2H3. The molecule has 0 saturated carbocycles. The normalized spacial score (nSPS) is 18.2. The van der Waals surface area contributed by atoms with Crippen LogP contribution in [0.3, 0.4) is 0 Å². The lowest BCUT2D eigenvalue weighted by atomic mass is 9.75. The Morgan fingerprint density at radius 2 is 1.46 bits per heavy atom. The van der Waals surface area contributed by atoms with Gasteiger partial charge in [-0.25, -0.2) is 0 Å². The molecule has 1 aliphatic heterocycles. The highest BCUT2D eigenvalue weighted by Gasteiger charge is 2.39. The predicted molar refractivity (Wildman–Crippen MR) is 103 cm³/mol. The summed E-state index contributed by atoms with van der Waals surface area (Å²) in [5.74, 6) is 0. The largest absolute Gasteiger partial charge is 0.416 e. The first-order chi connectivity index (χ1) is 13.1. The van der Waals surface area contributed by atoms with Crippen molar-refractivity contribution in [1.82, 2.24) is 4.90 Å². The first kappa shape index (κ1) is 20.8. The summed E-state index contributed by atoms with van der Waals surface area (Å²) in [6.45, 7) is 5.18. The van der Waals surface area contributed by atoms with Crippen molar-refractivity contribution in [2.24, 2.45) is 0 Å². The minimum absolute atomic E-state index is 0.638. The summed E-state index contributed by atoms with van der Waals surface area (Å²) in [7, 11) is 0. The number of hydrogen-bond acceptors (Lipinski definition) is 3. The summed E-state index contributed by atoms with van der Waals surface area (Å²) in [6.07, 6.45) is -4.43. The monoisotopic (exact) mass is 393 g/mol. The molecule has 3 nitrogen and oxygen atoms in total. The van der Waals surface area contributed by atoms with E-state index in [4.69, 9.17) is 0 Å². The summed E-state index contributed by atoms with van der Waals surface area (Å²) >= 11 is 0. The number of aliphatic hydroxyl groups excluding tert-OH is 2. The number of alkyl halides is 3. The Kier molecular flexibility index (Phi) is 5.84. The van der Waals surface area contributed by atoms with Crippen molar-refractivity contribution in [3.63, 3.8) is 0 Å². The molecule has 2 aromatic rings. The lowest BCUT2D eigenvalue weighted by Crippen LogP contribution is -2.50. The van der Waals surface area contributed by atoms with E-state index in [1.54, 1.807) is 0 Å². The van der Waals surface area contributed by atoms with Crippen LogP contribution in [0.5, 0.6) is 0 Å². The fraction of sp³-hybridized carbons (Fsp3) is 0.455. The minimum Gasteiger partial charge on any atom is -0.388 e.